The van der Waals surface area contributed by atoms with Gasteiger partial charge in [-0.05, 0) is 18.2 Å². The van der Waals surface area contributed by atoms with Gasteiger partial charge in [0.2, 0.25) is 0 Å². The van der Waals surface area contributed by atoms with Gasteiger partial charge in [0.15, 0.2) is 6.21 Å². The minimum atomic E-state index is -0.526. The van der Waals surface area contributed by atoms with E-state index in [1.165, 1.54) is 57.0 Å². The molecule has 28 heavy (non-hydrogen) atoms. The van der Waals surface area contributed by atoms with Crippen LogP contribution >= 0.6 is 0 Å². The maximum absolute atomic E-state index is 11.1. The molecule has 0 atom stereocenters. The molecule has 0 spiro atoms. The van der Waals surface area contributed by atoms with Crippen molar-refractivity contribution >= 4 is 29.0 Å². The molecule has 0 heterocycles. The molecule has 0 aliphatic heterocycles. The minimum Gasteiger partial charge on any atom is -1.00 e. The first kappa shape index (κ1) is 22.4. The molecule has 0 aromatic heterocycles. The molecular formula is C17H17ClN4O6. The Bertz CT molecular complexity index is 917. The number of rotatable bonds is 8. The van der Waals surface area contributed by atoms with Gasteiger partial charge in [0.1, 0.15) is 17.2 Å². The first-order valence-corrected chi connectivity index (χ1v) is 7.62. The number of hydrogen-bond donors (Lipinski definition) is 2. The highest BCUT2D eigenvalue weighted by Gasteiger charge is 2.18. The highest BCUT2D eigenvalue weighted by atomic mass is 35.5. The lowest BCUT2D eigenvalue weighted by Crippen LogP contribution is -3.00. The Morgan fingerprint density at radius 2 is 1.54 bits per heavy atom. The lowest BCUT2D eigenvalue weighted by Gasteiger charge is -2.04. The van der Waals surface area contributed by atoms with E-state index in [1.54, 1.807) is 12.1 Å². The van der Waals surface area contributed by atoms with Gasteiger partial charge in [-0.3, -0.25) is 20.2 Å². The van der Waals surface area contributed by atoms with E-state index in [-0.39, 0.29) is 35.2 Å². The van der Waals surface area contributed by atoms with Crippen LogP contribution in [0.5, 0.6) is 11.5 Å². The van der Waals surface area contributed by atoms with Gasteiger partial charge in [-0.15, -0.1) is 0 Å². The molecule has 148 valence electrons. The van der Waals surface area contributed by atoms with Crippen molar-refractivity contribution in [1.82, 2.24) is 0 Å². The predicted molar refractivity (Wildman–Crippen MR) is 98.7 cm³/mol. The Morgan fingerprint density at radius 3 is 2.11 bits per heavy atom. The SMILES string of the molecule is COc1ccc(NC=CC=[NH+]c2ccc(OC)cc2[N+](=O)[O-])c([N+](=O)[O-])c1.[Cl-]. The number of allylic oxidation sites excluding steroid dienone is 1. The van der Waals surface area contributed by atoms with Crippen molar-refractivity contribution in [2.24, 2.45) is 0 Å². The third kappa shape index (κ3) is 5.68. The van der Waals surface area contributed by atoms with Crippen LogP contribution in [0, 0.1) is 20.2 Å². The number of nitro benzene ring substituents is 2. The fourth-order valence-electron chi connectivity index (χ4n) is 2.15. The molecule has 2 aromatic rings. The second-order valence-corrected chi connectivity index (χ2v) is 5.09. The Balaban J connectivity index is 0.00000392. The summed E-state index contributed by atoms with van der Waals surface area (Å²) in [6.45, 7) is 0. The van der Waals surface area contributed by atoms with Crippen molar-refractivity contribution in [2.75, 3.05) is 19.5 Å². The molecule has 0 aliphatic carbocycles. The predicted octanol–water partition coefficient (Wildman–Crippen LogP) is -1.07. The van der Waals surface area contributed by atoms with Gasteiger partial charge in [-0.2, -0.15) is 0 Å². The van der Waals surface area contributed by atoms with Gasteiger partial charge in [-0.25, -0.2) is 4.99 Å². The van der Waals surface area contributed by atoms with Gasteiger partial charge < -0.3 is 27.2 Å². The van der Waals surface area contributed by atoms with E-state index < -0.39 is 9.85 Å². The third-order valence-corrected chi connectivity index (χ3v) is 3.47. The molecule has 11 heteroatoms. The topological polar surface area (TPSA) is 131 Å². The van der Waals surface area contributed by atoms with E-state index in [4.69, 9.17) is 9.47 Å². The van der Waals surface area contributed by atoms with Gasteiger partial charge in [0.05, 0.1) is 36.2 Å². The van der Waals surface area contributed by atoms with Crippen molar-refractivity contribution in [2.45, 2.75) is 0 Å². The Hall–Kier alpha value is -3.66. The summed E-state index contributed by atoms with van der Waals surface area (Å²) in [6.07, 6.45) is 4.43. The van der Waals surface area contributed by atoms with Gasteiger partial charge >= 0.3 is 5.69 Å². The molecular weight excluding hydrogens is 392 g/mol. The first-order chi connectivity index (χ1) is 13.0. The zero-order valence-electron chi connectivity index (χ0n) is 14.9. The minimum absolute atomic E-state index is 0. The zero-order chi connectivity index (χ0) is 19.8. The van der Waals surface area contributed by atoms with E-state index >= 15 is 0 Å². The Morgan fingerprint density at radius 1 is 0.964 bits per heavy atom. The van der Waals surface area contributed by atoms with Crippen molar-refractivity contribution in [3.8, 4) is 11.5 Å². The molecule has 0 radical (unpaired) electrons. The summed E-state index contributed by atoms with van der Waals surface area (Å²) >= 11 is 0. The van der Waals surface area contributed by atoms with Crippen LogP contribution in [-0.4, -0.2) is 30.3 Å². The highest BCUT2D eigenvalue weighted by molar-refractivity contribution is 5.70. The summed E-state index contributed by atoms with van der Waals surface area (Å²) < 4.78 is 9.94. The summed E-state index contributed by atoms with van der Waals surface area (Å²) in [7, 11) is 2.84. The number of hydrogen-bond acceptors (Lipinski definition) is 7. The van der Waals surface area contributed by atoms with E-state index in [9.17, 15) is 20.2 Å². The van der Waals surface area contributed by atoms with Crippen LogP contribution in [0.3, 0.4) is 0 Å². The van der Waals surface area contributed by atoms with Crippen LogP contribution in [0.1, 0.15) is 0 Å². The van der Waals surface area contributed by atoms with Crippen LogP contribution in [-0.2, 0) is 0 Å². The summed E-state index contributed by atoms with van der Waals surface area (Å²) in [5, 5.41) is 25.0. The number of halogens is 1. The first-order valence-electron chi connectivity index (χ1n) is 7.62. The molecule has 10 nitrogen and oxygen atoms in total. The molecule has 0 amide bonds. The van der Waals surface area contributed by atoms with E-state index in [2.05, 4.69) is 10.3 Å². The molecule has 2 rings (SSSR count). The normalized spacial score (nSPS) is 10.5. The van der Waals surface area contributed by atoms with Crippen LogP contribution in [0.4, 0.5) is 22.7 Å². The van der Waals surface area contributed by atoms with Crippen LogP contribution in [0.2, 0.25) is 0 Å². The monoisotopic (exact) mass is 408 g/mol. The average molecular weight is 409 g/mol. The van der Waals surface area contributed by atoms with Crippen molar-refractivity contribution in [3.63, 3.8) is 0 Å². The molecule has 0 aliphatic rings. The molecule has 0 saturated heterocycles. The standard InChI is InChI=1S/C17H16N4O6.ClH/c1-26-12-4-6-14(16(10-12)20(22)23)18-8-3-9-19-15-7-5-13(27-2)11-17(15)21(24)25;/h3-11,18H,1-2H3;1H. The number of methoxy groups -OCH3 is 2. The van der Waals surface area contributed by atoms with Crippen molar-refractivity contribution < 1.29 is 36.7 Å². The van der Waals surface area contributed by atoms with Crippen LogP contribution in [0.25, 0.3) is 0 Å². The number of nitrogens with zero attached hydrogens (tertiary/aromatic N) is 2. The molecule has 2 aromatic carbocycles. The highest BCUT2D eigenvalue weighted by Crippen LogP contribution is 2.29. The fourth-order valence-corrected chi connectivity index (χ4v) is 2.15. The third-order valence-electron chi connectivity index (χ3n) is 3.47. The Labute approximate surface area is 166 Å². The lowest BCUT2D eigenvalue weighted by atomic mass is 10.2. The number of benzene rings is 2. The number of nitrogens with one attached hydrogen (secondary N) is 2. The molecule has 0 bridgehead atoms. The fraction of sp³-hybridized carbons (Fsp3) is 0.118. The van der Waals surface area contributed by atoms with Crippen molar-refractivity contribution in [3.05, 3.63) is 68.9 Å². The Kier molecular flexibility index (Phi) is 8.38. The van der Waals surface area contributed by atoms with Gasteiger partial charge in [0.25, 0.3) is 11.4 Å². The lowest BCUT2D eigenvalue weighted by molar-refractivity contribution is -0.409. The zero-order valence-corrected chi connectivity index (χ0v) is 15.7. The van der Waals surface area contributed by atoms with Crippen LogP contribution in [0.15, 0.2) is 48.7 Å². The number of nitro groups is 2. The molecule has 0 unspecified atom stereocenters. The smallest absolute Gasteiger partial charge is 0.343 e. The maximum Gasteiger partial charge on any atom is 0.343 e. The van der Waals surface area contributed by atoms with E-state index in [0.29, 0.717) is 11.5 Å². The average Bonchev–Trinajstić information content (AvgIpc) is 2.67. The number of ether oxygens (including phenoxy) is 2. The summed E-state index contributed by atoms with van der Waals surface area (Å²) in [5.74, 6) is 0.743. The van der Waals surface area contributed by atoms with Gasteiger partial charge in [0, 0.05) is 18.3 Å². The molecule has 0 fully saturated rings. The maximum atomic E-state index is 11.1. The van der Waals surface area contributed by atoms with E-state index in [1.807, 2.05) is 0 Å². The summed E-state index contributed by atoms with van der Waals surface area (Å²) in [5.41, 5.74) is 0.275. The summed E-state index contributed by atoms with van der Waals surface area (Å²) in [6, 6.07) is 8.82. The molecule has 2 N–H and O–H groups in total. The van der Waals surface area contributed by atoms with Gasteiger partial charge in [-0.1, -0.05) is 0 Å². The second kappa shape index (κ2) is 10.5. The van der Waals surface area contributed by atoms with Crippen LogP contribution < -0.4 is 32.2 Å². The molecule has 0 saturated carbocycles. The number of anilines is 1. The quantitative estimate of drug-likeness (QED) is 0.323. The van der Waals surface area contributed by atoms with Crippen molar-refractivity contribution in [1.29, 1.82) is 0 Å². The second-order valence-electron chi connectivity index (χ2n) is 5.09. The van der Waals surface area contributed by atoms with E-state index in [0.717, 1.165) is 0 Å². The largest absolute Gasteiger partial charge is 1.00 e. The summed E-state index contributed by atoms with van der Waals surface area (Å²) in [4.78, 5) is 24.0.